The third-order valence-corrected chi connectivity index (χ3v) is 3.12. The topological polar surface area (TPSA) is 38.7 Å². The molecular formula is C13H31N3O. The van der Waals surface area contributed by atoms with Crippen LogP contribution in [0.15, 0.2) is 0 Å². The number of aliphatic hydroxyl groups excluding tert-OH is 1. The molecule has 1 atom stereocenters. The van der Waals surface area contributed by atoms with Gasteiger partial charge in [-0.25, -0.2) is 0 Å². The van der Waals surface area contributed by atoms with Gasteiger partial charge in [0.05, 0.1) is 6.61 Å². The van der Waals surface area contributed by atoms with Crippen molar-refractivity contribution in [3.05, 3.63) is 0 Å². The van der Waals surface area contributed by atoms with Crippen molar-refractivity contribution in [2.75, 3.05) is 53.9 Å². The molecule has 0 aromatic carbocycles. The molecule has 0 radical (unpaired) electrons. The summed E-state index contributed by atoms with van der Waals surface area (Å²) in [6.07, 6.45) is 2.08. The Bertz CT molecular complexity index is 188. The van der Waals surface area contributed by atoms with E-state index in [1.165, 1.54) is 0 Å². The van der Waals surface area contributed by atoms with Crippen LogP contribution in [0.25, 0.3) is 0 Å². The van der Waals surface area contributed by atoms with Crippen LogP contribution in [-0.4, -0.2) is 74.4 Å². The molecule has 0 aromatic rings. The molecule has 0 amide bonds. The lowest BCUT2D eigenvalue weighted by molar-refractivity contribution is 0.149. The molecule has 0 saturated heterocycles. The van der Waals surface area contributed by atoms with Gasteiger partial charge in [-0.15, -0.1) is 0 Å². The average molecular weight is 245 g/mol. The van der Waals surface area contributed by atoms with E-state index in [1.807, 2.05) is 0 Å². The molecule has 0 saturated carbocycles. The van der Waals surface area contributed by atoms with E-state index in [9.17, 15) is 5.11 Å². The van der Waals surface area contributed by atoms with E-state index in [-0.39, 0.29) is 12.1 Å². The predicted octanol–water partition coefficient (Wildman–Crippen LogP) is 0.621. The number of hydrogen-bond donors (Lipinski definition) is 2. The van der Waals surface area contributed by atoms with Crippen molar-refractivity contribution in [3.8, 4) is 0 Å². The third kappa shape index (κ3) is 8.55. The summed E-state index contributed by atoms with van der Waals surface area (Å²) in [5.41, 5.74) is -0.137. The maximum atomic E-state index is 9.45. The van der Waals surface area contributed by atoms with Crippen LogP contribution >= 0.6 is 0 Å². The maximum Gasteiger partial charge on any atom is 0.0611 e. The fourth-order valence-electron chi connectivity index (χ4n) is 1.57. The molecule has 4 heteroatoms. The van der Waals surface area contributed by atoms with Gasteiger partial charge < -0.3 is 20.2 Å². The van der Waals surface area contributed by atoms with Gasteiger partial charge in [0.2, 0.25) is 0 Å². The van der Waals surface area contributed by atoms with Gasteiger partial charge in [-0.2, -0.15) is 0 Å². The number of nitrogens with one attached hydrogen (secondary N) is 1. The van der Waals surface area contributed by atoms with Crippen LogP contribution in [0.4, 0.5) is 0 Å². The van der Waals surface area contributed by atoms with Gasteiger partial charge >= 0.3 is 0 Å². The summed E-state index contributed by atoms with van der Waals surface area (Å²) in [7, 11) is 6.32. The number of nitrogens with zero attached hydrogens (tertiary/aromatic N) is 2. The Morgan fingerprint density at radius 3 is 2.24 bits per heavy atom. The monoisotopic (exact) mass is 245 g/mol. The van der Waals surface area contributed by atoms with E-state index < -0.39 is 0 Å². The Balaban J connectivity index is 3.87. The van der Waals surface area contributed by atoms with E-state index >= 15 is 0 Å². The molecule has 0 heterocycles. The Hall–Kier alpha value is -0.160. The molecule has 104 valence electrons. The second kappa shape index (κ2) is 8.86. The van der Waals surface area contributed by atoms with Gasteiger partial charge in [0.25, 0.3) is 0 Å². The second-order valence-electron chi connectivity index (χ2n) is 5.50. The number of likely N-dealkylation sites (N-methyl/N-ethyl adjacent to an activating group) is 2. The Morgan fingerprint density at radius 2 is 1.76 bits per heavy atom. The third-order valence-electron chi connectivity index (χ3n) is 3.12. The normalized spacial score (nSPS) is 15.5. The summed E-state index contributed by atoms with van der Waals surface area (Å²) in [5.74, 6) is 0. The van der Waals surface area contributed by atoms with Crippen LogP contribution in [0, 0.1) is 0 Å². The molecule has 0 spiro atoms. The zero-order valence-corrected chi connectivity index (χ0v) is 12.3. The summed E-state index contributed by atoms with van der Waals surface area (Å²) >= 11 is 0. The van der Waals surface area contributed by atoms with Gasteiger partial charge in [0.15, 0.2) is 0 Å². The number of rotatable bonds is 10. The first-order valence-corrected chi connectivity index (χ1v) is 6.62. The molecule has 4 nitrogen and oxygen atoms in total. The van der Waals surface area contributed by atoms with Crippen LogP contribution in [0.1, 0.15) is 26.7 Å². The molecule has 2 N–H and O–H groups in total. The van der Waals surface area contributed by atoms with Crippen molar-refractivity contribution in [3.63, 3.8) is 0 Å². The molecule has 0 fully saturated rings. The maximum absolute atomic E-state index is 9.45. The molecule has 0 bridgehead atoms. The zero-order valence-electron chi connectivity index (χ0n) is 12.3. The highest BCUT2D eigenvalue weighted by Gasteiger charge is 2.22. The lowest BCUT2D eigenvalue weighted by atomic mass is 9.98. The summed E-state index contributed by atoms with van der Waals surface area (Å²) in [5, 5.41) is 12.9. The smallest absolute Gasteiger partial charge is 0.0611 e. The first-order valence-electron chi connectivity index (χ1n) is 6.62. The van der Waals surface area contributed by atoms with Gasteiger partial charge in [-0.1, -0.05) is 6.92 Å². The van der Waals surface area contributed by atoms with Crippen LogP contribution < -0.4 is 5.32 Å². The van der Waals surface area contributed by atoms with E-state index in [2.05, 4.69) is 50.1 Å². The SMILES string of the molecule is CCCNC(C)(CO)CCN(C)CCN(C)C. The van der Waals surface area contributed by atoms with Gasteiger partial charge in [-0.3, -0.25) is 0 Å². The molecule has 0 rings (SSSR count). The molecule has 0 aliphatic heterocycles. The van der Waals surface area contributed by atoms with Crippen LogP contribution in [0.2, 0.25) is 0 Å². The lowest BCUT2D eigenvalue weighted by Gasteiger charge is -2.31. The Labute approximate surface area is 107 Å². The number of hydrogen-bond acceptors (Lipinski definition) is 4. The van der Waals surface area contributed by atoms with E-state index in [0.717, 1.165) is 39.0 Å². The quantitative estimate of drug-likeness (QED) is 0.592. The second-order valence-corrected chi connectivity index (χ2v) is 5.50. The molecule has 0 aliphatic carbocycles. The molecule has 1 unspecified atom stereocenters. The van der Waals surface area contributed by atoms with Crippen molar-refractivity contribution in [1.82, 2.24) is 15.1 Å². The highest BCUT2D eigenvalue weighted by Crippen LogP contribution is 2.09. The molecule has 17 heavy (non-hydrogen) atoms. The Morgan fingerprint density at radius 1 is 1.12 bits per heavy atom. The minimum absolute atomic E-state index is 0.137. The summed E-state index contributed by atoms with van der Waals surface area (Å²) < 4.78 is 0. The van der Waals surface area contributed by atoms with Crippen LogP contribution in [0.5, 0.6) is 0 Å². The molecule has 0 aliphatic rings. The highest BCUT2D eigenvalue weighted by atomic mass is 16.3. The van der Waals surface area contributed by atoms with Crippen molar-refractivity contribution in [1.29, 1.82) is 0 Å². The number of aliphatic hydroxyl groups is 1. The molecule has 0 aromatic heterocycles. The fraction of sp³-hybridized carbons (Fsp3) is 1.00. The Kier molecular flexibility index (Phi) is 8.78. The average Bonchev–Trinajstić information content (AvgIpc) is 2.31. The first kappa shape index (κ1) is 16.8. The fourth-order valence-corrected chi connectivity index (χ4v) is 1.57. The predicted molar refractivity (Wildman–Crippen MR) is 74.5 cm³/mol. The minimum Gasteiger partial charge on any atom is -0.394 e. The van der Waals surface area contributed by atoms with Gasteiger partial charge in [-0.05, 0) is 54.0 Å². The first-order chi connectivity index (χ1) is 7.93. The van der Waals surface area contributed by atoms with Crippen molar-refractivity contribution in [2.45, 2.75) is 32.2 Å². The minimum atomic E-state index is -0.137. The molecular weight excluding hydrogens is 214 g/mol. The van der Waals surface area contributed by atoms with Gasteiger partial charge in [0.1, 0.15) is 0 Å². The van der Waals surface area contributed by atoms with E-state index in [4.69, 9.17) is 0 Å². The zero-order chi connectivity index (χ0) is 13.3. The van der Waals surface area contributed by atoms with Crippen molar-refractivity contribution >= 4 is 0 Å². The largest absolute Gasteiger partial charge is 0.394 e. The summed E-state index contributed by atoms with van der Waals surface area (Å²) in [4.78, 5) is 4.51. The lowest BCUT2D eigenvalue weighted by Crippen LogP contribution is -2.48. The van der Waals surface area contributed by atoms with Crippen LogP contribution in [-0.2, 0) is 0 Å². The van der Waals surface area contributed by atoms with Crippen molar-refractivity contribution < 1.29 is 5.11 Å². The highest BCUT2D eigenvalue weighted by molar-refractivity contribution is 4.83. The van der Waals surface area contributed by atoms with E-state index in [0.29, 0.717) is 0 Å². The summed E-state index contributed by atoms with van der Waals surface area (Å²) in [6.45, 7) is 8.59. The standard InChI is InChI=1S/C13H31N3O/c1-6-8-14-13(2,12-17)7-9-16(5)11-10-15(3)4/h14,17H,6-12H2,1-5H3. The summed E-state index contributed by atoms with van der Waals surface area (Å²) in [6, 6.07) is 0. The van der Waals surface area contributed by atoms with E-state index in [1.54, 1.807) is 0 Å². The van der Waals surface area contributed by atoms with Gasteiger partial charge in [0, 0.05) is 18.6 Å². The van der Waals surface area contributed by atoms with Crippen molar-refractivity contribution in [2.24, 2.45) is 0 Å². The van der Waals surface area contributed by atoms with Crippen LogP contribution in [0.3, 0.4) is 0 Å².